The van der Waals surface area contributed by atoms with Gasteiger partial charge in [0, 0.05) is 18.6 Å². The van der Waals surface area contributed by atoms with Gasteiger partial charge in [-0.3, -0.25) is 0 Å². The Bertz CT molecular complexity index is 363. The van der Waals surface area contributed by atoms with E-state index < -0.39 is 0 Å². The number of hydrogen-bond donors (Lipinski definition) is 0. The van der Waals surface area contributed by atoms with Crippen LogP contribution in [0.2, 0.25) is 0 Å². The van der Waals surface area contributed by atoms with Crippen LogP contribution >= 0.6 is 0 Å². The van der Waals surface area contributed by atoms with E-state index in [1.54, 1.807) is 13.0 Å². The normalized spacial score (nSPS) is 19.2. The van der Waals surface area contributed by atoms with Gasteiger partial charge < -0.3 is 9.47 Å². The first-order valence-electron chi connectivity index (χ1n) is 8.06. The minimum absolute atomic E-state index is 0.0459. The zero-order valence-corrected chi connectivity index (χ0v) is 13.9. The minimum Gasteiger partial charge on any atom is -0.463 e. The maximum atomic E-state index is 11.2. The largest absolute Gasteiger partial charge is 0.463 e. The molecule has 0 aromatic rings. The molecular weight excluding hydrogens is 264 g/mol. The van der Waals surface area contributed by atoms with Crippen LogP contribution in [-0.2, 0) is 14.3 Å². The number of esters is 1. The first-order valence-corrected chi connectivity index (χ1v) is 8.06. The first-order chi connectivity index (χ1) is 10.0. The van der Waals surface area contributed by atoms with Crippen LogP contribution < -0.4 is 0 Å². The second-order valence-corrected chi connectivity index (χ2v) is 6.35. The number of ether oxygens (including phenoxy) is 2. The topological polar surface area (TPSA) is 35.5 Å². The van der Waals surface area contributed by atoms with Crippen molar-refractivity contribution >= 4 is 5.97 Å². The maximum absolute atomic E-state index is 11.2. The summed E-state index contributed by atoms with van der Waals surface area (Å²) in [6.45, 7) is 6.61. The van der Waals surface area contributed by atoms with E-state index >= 15 is 0 Å². The van der Waals surface area contributed by atoms with Crippen LogP contribution in [0.25, 0.3) is 0 Å². The van der Waals surface area contributed by atoms with Crippen molar-refractivity contribution in [2.75, 3.05) is 13.7 Å². The van der Waals surface area contributed by atoms with Crippen molar-refractivity contribution in [1.29, 1.82) is 0 Å². The molecule has 1 atom stereocenters. The lowest BCUT2D eigenvalue weighted by Crippen LogP contribution is -2.37. The Hall–Kier alpha value is -1.09. The molecule has 120 valence electrons. The molecule has 0 saturated heterocycles. The number of hydrogen-bond acceptors (Lipinski definition) is 3. The Kier molecular flexibility index (Phi) is 7.73. The fourth-order valence-corrected chi connectivity index (χ4v) is 3.26. The summed E-state index contributed by atoms with van der Waals surface area (Å²) >= 11 is 0. The molecule has 3 nitrogen and oxygen atoms in total. The number of carbonyl (C=O) groups is 1. The molecule has 0 bridgehead atoms. The lowest BCUT2D eigenvalue weighted by atomic mass is 9.73. The quantitative estimate of drug-likeness (QED) is 0.399. The standard InChI is InChI=1S/C18H30O3/c1-5-21-16(19)13-9-10-14-18(2,3)17(20-4)15-11-7-6-8-12-15/h9-10,13-15,17H,5-8,11-12H2,1-4H3. The van der Waals surface area contributed by atoms with Crippen LogP contribution in [0.5, 0.6) is 0 Å². The first kappa shape index (κ1) is 18.0. The van der Waals surface area contributed by atoms with Crippen LogP contribution in [0.3, 0.4) is 0 Å². The number of rotatable bonds is 7. The second kappa shape index (κ2) is 9.04. The van der Waals surface area contributed by atoms with Crippen molar-refractivity contribution in [3.8, 4) is 0 Å². The van der Waals surface area contributed by atoms with E-state index in [1.165, 1.54) is 38.2 Å². The zero-order chi connectivity index (χ0) is 15.7. The molecule has 1 unspecified atom stereocenters. The molecule has 21 heavy (non-hydrogen) atoms. The van der Waals surface area contributed by atoms with Gasteiger partial charge in [-0.05, 0) is 25.7 Å². The molecule has 1 aliphatic carbocycles. The highest BCUT2D eigenvalue weighted by Crippen LogP contribution is 2.37. The van der Waals surface area contributed by atoms with Crippen molar-refractivity contribution in [2.24, 2.45) is 11.3 Å². The van der Waals surface area contributed by atoms with Crippen molar-refractivity contribution in [2.45, 2.75) is 59.0 Å². The third-order valence-corrected chi connectivity index (χ3v) is 4.22. The predicted molar refractivity (Wildman–Crippen MR) is 86.1 cm³/mol. The number of methoxy groups -OCH3 is 1. The van der Waals surface area contributed by atoms with Crippen molar-refractivity contribution in [1.82, 2.24) is 0 Å². The van der Waals surface area contributed by atoms with Gasteiger partial charge in [-0.2, -0.15) is 0 Å². The summed E-state index contributed by atoms with van der Waals surface area (Å²) in [5.74, 6) is 0.341. The molecule has 0 aromatic carbocycles. The lowest BCUT2D eigenvalue weighted by Gasteiger charge is -2.38. The van der Waals surface area contributed by atoms with Gasteiger partial charge in [0.2, 0.25) is 0 Å². The van der Waals surface area contributed by atoms with E-state index in [1.807, 2.05) is 13.2 Å². The molecule has 0 radical (unpaired) electrons. The highest BCUT2D eigenvalue weighted by Gasteiger charge is 2.34. The molecule has 0 aromatic heterocycles. The number of allylic oxidation sites excluding steroid dienone is 2. The minimum atomic E-state index is -0.296. The van der Waals surface area contributed by atoms with Crippen LogP contribution in [0.15, 0.2) is 24.3 Å². The Labute approximate surface area is 129 Å². The van der Waals surface area contributed by atoms with E-state index in [0.717, 1.165) is 0 Å². The second-order valence-electron chi connectivity index (χ2n) is 6.35. The van der Waals surface area contributed by atoms with E-state index in [0.29, 0.717) is 12.5 Å². The molecule has 1 aliphatic rings. The Morgan fingerprint density at radius 1 is 1.24 bits per heavy atom. The summed E-state index contributed by atoms with van der Waals surface area (Å²) in [5.41, 5.74) is -0.0459. The average molecular weight is 294 g/mol. The summed E-state index contributed by atoms with van der Waals surface area (Å²) in [6, 6.07) is 0. The van der Waals surface area contributed by atoms with E-state index in [9.17, 15) is 4.79 Å². The smallest absolute Gasteiger partial charge is 0.330 e. The van der Waals surface area contributed by atoms with E-state index in [2.05, 4.69) is 19.9 Å². The zero-order valence-electron chi connectivity index (χ0n) is 13.9. The lowest BCUT2D eigenvalue weighted by molar-refractivity contribution is -0.137. The third-order valence-electron chi connectivity index (χ3n) is 4.22. The van der Waals surface area contributed by atoms with Crippen molar-refractivity contribution in [3.63, 3.8) is 0 Å². The summed E-state index contributed by atoms with van der Waals surface area (Å²) in [7, 11) is 1.81. The molecule has 3 heteroatoms. The fraction of sp³-hybridized carbons (Fsp3) is 0.722. The Morgan fingerprint density at radius 2 is 1.90 bits per heavy atom. The van der Waals surface area contributed by atoms with Gasteiger partial charge >= 0.3 is 5.97 Å². The summed E-state index contributed by atoms with van der Waals surface area (Å²) in [4.78, 5) is 11.2. The van der Waals surface area contributed by atoms with Crippen LogP contribution in [0.4, 0.5) is 0 Å². The predicted octanol–water partition coefficient (Wildman–Crippen LogP) is 4.28. The summed E-state index contributed by atoms with van der Waals surface area (Å²) < 4.78 is 10.7. The van der Waals surface area contributed by atoms with Crippen molar-refractivity contribution in [3.05, 3.63) is 24.3 Å². The highest BCUT2D eigenvalue weighted by molar-refractivity contribution is 5.82. The average Bonchev–Trinajstić information content (AvgIpc) is 2.45. The summed E-state index contributed by atoms with van der Waals surface area (Å²) in [5, 5.41) is 0. The molecule has 0 spiro atoms. The molecule has 0 amide bonds. The monoisotopic (exact) mass is 294 g/mol. The van der Waals surface area contributed by atoms with Gasteiger partial charge in [-0.25, -0.2) is 4.79 Å². The highest BCUT2D eigenvalue weighted by atomic mass is 16.5. The number of carbonyl (C=O) groups excluding carboxylic acids is 1. The van der Waals surface area contributed by atoms with Crippen LogP contribution in [0.1, 0.15) is 52.9 Å². The van der Waals surface area contributed by atoms with E-state index in [-0.39, 0.29) is 17.5 Å². The van der Waals surface area contributed by atoms with Gasteiger partial charge in [0.25, 0.3) is 0 Å². The van der Waals surface area contributed by atoms with Crippen LogP contribution in [-0.4, -0.2) is 25.8 Å². The fourth-order valence-electron chi connectivity index (χ4n) is 3.26. The molecule has 0 heterocycles. The molecule has 0 N–H and O–H groups in total. The molecule has 1 fully saturated rings. The van der Waals surface area contributed by atoms with E-state index in [4.69, 9.17) is 9.47 Å². The molecular formula is C18H30O3. The van der Waals surface area contributed by atoms with Gasteiger partial charge in [0.1, 0.15) is 0 Å². The third kappa shape index (κ3) is 6.04. The van der Waals surface area contributed by atoms with Gasteiger partial charge in [0.15, 0.2) is 0 Å². The molecule has 0 aliphatic heterocycles. The van der Waals surface area contributed by atoms with Gasteiger partial charge in [-0.15, -0.1) is 0 Å². The van der Waals surface area contributed by atoms with Gasteiger partial charge in [0.05, 0.1) is 12.7 Å². The Balaban J connectivity index is 2.61. The van der Waals surface area contributed by atoms with Crippen molar-refractivity contribution < 1.29 is 14.3 Å². The Morgan fingerprint density at radius 3 is 2.48 bits per heavy atom. The summed E-state index contributed by atoms with van der Waals surface area (Å²) in [6.07, 6.45) is 14.0. The molecule has 1 rings (SSSR count). The molecule has 1 saturated carbocycles. The van der Waals surface area contributed by atoms with Gasteiger partial charge in [-0.1, -0.05) is 51.3 Å². The SMILES string of the molecule is CCOC(=O)C=CC=CC(C)(C)C(OC)C1CCCCC1. The maximum Gasteiger partial charge on any atom is 0.330 e. The van der Waals surface area contributed by atoms with Crippen LogP contribution in [0, 0.1) is 11.3 Å².